The van der Waals surface area contributed by atoms with Gasteiger partial charge in [-0.3, -0.25) is 14.2 Å². The number of amides is 1. The normalized spacial score (nSPS) is 14.1. The van der Waals surface area contributed by atoms with Crippen molar-refractivity contribution >= 4 is 23.2 Å². The van der Waals surface area contributed by atoms with Gasteiger partial charge in [0.15, 0.2) is 0 Å². The summed E-state index contributed by atoms with van der Waals surface area (Å²) < 4.78 is 1.36. The van der Waals surface area contributed by atoms with Gasteiger partial charge in [-0.15, -0.1) is 0 Å². The van der Waals surface area contributed by atoms with Crippen LogP contribution in [0.4, 0.5) is 5.69 Å². The topological polar surface area (TPSA) is 58.4 Å². The number of aromatic nitrogens is 2. The SMILES string of the molecule is Cc1ccc(-c2cc(=O)n(CC(=O)N3CCN(c4ccccc4Cl)CC3)cn2)cc1. The highest BCUT2D eigenvalue weighted by atomic mass is 35.5. The molecule has 0 saturated carbocycles. The first kappa shape index (κ1) is 20.2. The minimum absolute atomic E-state index is 0.00783. The third-order valence-electron chi connectivity index (χ3n) is 5.36. The number of para-hydroxylation sites is 1. The van der Waals surface area contributed by atoms with Gasteiger partial charge in [0, 0.05) is 37.8 Å². The molecule has 1 saturated heterocycles. The Morgan fingerprint density at radius 2 is 1.73 bits per heavy atom. The molecule has 154 valence electrons. The van der Waals surface area contributed by atoms with Crippen molar-refractivity contribution in [3.05, 3.63) is 81.9 Å². The number of hydrogen-bond donors (Lipinski definition) is 0. The molecule has 1 aliphatic rings. The number of benzene rings is 2. The lowest BCUT2D eigenvalue weighted by atomic mass is 10.1. The summed E-state index contributed by atoms with van der Waals surface area (Å²) >= 11 is 6.28. The molecule has 0 spiro atoms. The Morgan fingerprint density at radius 3 is 2.40 bits per heavy atom. The van der Waals surface area contributed by atoms with Crippen molar-refractivity contribution in [2.45, 2.75) is 13.5 Å². The first-order valence-electron chi connectivity index (χ1n) is 9.92. The maximum atomic E-state index is 12.7. The minimum atomic E-state index is -0.233. The molecule has 0 bridgehead atoms. The molecule has 0 N–H and O–H groups in total. The molecule has 1 aromatic heterocycles. The second-order valence-electron chi connectivity index (χ2n) is 7.43. The van der Waals surface area contributed by atoms with Crippen molar-refractivity contribution in [2.24, 2.45) is 0 Å². The summed E-state index contributed by atoms with van der Waals surface area (Å²) in [7, 11) is 0. The van der Waals surface area contributed by atoms with Crippen molar-refractivity contribution in [1.82, 2.24) is 14.5 Å². The molecule has 1 fully saturated rings. The van der Waals surface area contributed by atoms with Gasteiger partial charge in [-0.1, -0.05) is 53.6 Å². The van der Waals surface area contributed by atoms with E-state index in [9.17, 15) is 9.59 Å². The molecule has 0 aliphatic carbocycles. The van der Waals surface area contributed by atoms with Gasteiger partial charge in [-0.05, 0) is 19.1 Å². The van der Waals surface area contributed by atoms with Crippen molar-refractivity contribution in [1.29, 1.82) is 0 Å². The van der Waals surface area contributed by atoms with E-state index in [0.717, 1.165) is 16.8 Å². The average Bonchev–Trinajstić information content (AvgIpc) is 2.76. The highest BCUT2D eigenvalue weighted by molar-refractivity contribution is 6.33. The van der Waals surface area contributed by atoms with Gasteiger partial charge in [0.2, 0.25) is 5.91 Å². The minimum Gasteiger partial charge on any atom is -0.367 e. The number of nitrogens with zero attached hydrogens (tertiary/aromatic N) is 4. The summed E-state index contributed by atoms with van der Waals surface area (Å²) in [5, 5.41) is 0.712. The summed E-state index contributed by atoms with van der Waals surface area (Å²) in [5.41, 5.74) is 3.39. The molecule has 0 unspecified atom stereocenters. The lowest BCUT2D eigenvalue weighted by Crippen LogP contribution is -2.50. The number of carbonyl (C=O) groups is 1. The Bertz CT molecular complexity index is 1100. The van der Waals surface area contributed by atoms with Gasteiger partial charge in [-0.25, -0.2) is 4.98 Å². The highest BCUT2D eigenvalue weighted by Gasteiger charge is 2.22. The van der Waals surface area contributed by atoms with Crippen LogP contribution in [0.25, 0.3) is 11.3 Å². The predicted molar refractivity (Wildman–Crippen MR) is 119 cm³/mol. The Hall–Kier alpha value is -3.12. The molecule has 4 rings (SSSR count). The van der Waals surface area contributed by atoms with Crippen LogP contribution in [-0.2, 0) is 11.3 Å². The zero-order valence-electron chi connectivity index (χ0n) is 16.8. The summed E-state index contributed by atoms with van der Waals surface area (Å²) in [4.78, 5) is 33.5. The van der Waals surface area contributed by atoms with Crippen molar-refractivity contribution < 1.29 is 4.79 Å². The van der Waals surface area contributed by atoms with Crippen molar-refractivity contribution in [3.63, 3.8) is 0 Å². The smallest absolute Gasteiger partial charge is 0.254 e. The Morgan fingerprint density at radius 1 is 1.03 bits per heavy atom. The number of hydrogen-bond acceptors (Lipinski definition) is 4. The molecule has 6 nitrogen and oxygen atoms in total. The van der Waals surface area contributed by atoms with Gasteiger partial charge in [-0.2, -0.15) is 0 Å². The Labute approximate surface area is 180 Å². The van der Waals surface area contributed by atoms with Crippen LogP contribution in [0.5, 0.6) is 0 Å². The van der Waals surface area contributed by atoms with Gasteiger partial charge >= 0.3 is 0 Å². The fraction of sp³-hybridized carbons (Fsp3) is 0.261. The maximum Gasteiger partial charge on any atom is 0.254 e. The van der Waals surface area contributed by atoms with Crippen molar-refractivity contribution in [2.75, 3.05) is 31.1 Å². The van der Waals surface area contributed by atoms with E-state index >= 15 is 0 Å². The monoisotopic (exact) mass is 422 g/mol. The summed E-state index contributed by atoms with van der Waals surface area (Å²) in [5.74, 6) is -0.0826. The van der Waals surface area contributed by atoms with Gasteiger partial charge in [0.25, 0.3) is 5.56 Å². The molecule has 2 heterocycles. The fourth-order valence-electron chi connectivity index (χ4n) is 3.58. The molecule has 30 heavy (non-hydrogen) atoms. The molecule has 1 aliphatic heterocycles. The zero-order valence-corrected chi connectivity index (χ0v) is 17.5. The van der Waals surface area contributed by atoms with Crippen LogP contribution in [-0.4, -0.2) is 46.5 Å². The first-order valence-corrected chi connectivity index (χ1v) is 10.3. The molecule has 0 atom stereocenters. The summed E-state index contributed by atoms with van der Waals surface area (Å²) in [6, 6.07) is 17.0. The zero-order chi connectivity index (χ0) is 21.1. The van der Waals surface area contributed by atoms with E-state index in [4.69, 9.17) is 11.6 Å². The van der Waals surface area contributed by atoms with Crippen LogP contribution in [0.3, 0.4) is 0 Å². The maximum absolute atomic E-state index is 12.7. The van der Waals surface area contributed by atoms with Crippen LogP contribution in [0, 0.1) is 6.92 Å². The number of halogens is 1. The molecular weight excluding hydrogens is 400 g/mol. The third-order valence-corrected chi connectivity index (χ3v) is 5.68. The molecule has 2 aromatic carbocycles. The van der Waals surface area contributed by atoms with Gasteiger partial charge in [0.05, 0.1) is 22.7 Å². The molecule has 0 radical (unpaired) electrons. The Balaban J connectivity index is 1.39. The fourth-order valence-corrected chi connectivity index (χ4v) is 3.83. The number of carbonyl (C=O) groups excluding carboxylic acids is 1. The van der Waals surface area contributed by atoms with Crippen LogP contribution in [0.2, 0.25) is 5.02 Å². The molecular formula is C23H23ClN4O2. The predicted octanol–water partition coefficient (Wildman–Crippen LogP) is 3.22. The molecule has 1 amide bonds. The highest BCUT2D eigenvalue weighted by Crippen LogP contribution is 2.26. The summed E-state index contributed by atoms with van der Waals surface area (Å²) in [6.45, 7) is 4.59. The number of aryl methyl sites for hydroxylation is 1. The molecule has 7 heteroatoms. The van der Waals surface area contributed by atoms with E-state index in [2.05, 4.69) is 9.88 Å². The number of rotatable bonds is 4. The lowest BCUT2D eigenvalue weighted by molar-refractivity contribution is -0.132. The van der Waals surface area contributed by atoms with Crippen molar-refractivity contribution in [3.8, 4) is 11.3 Å². The van der Waals surface area contributed by atoms with E-state index in [-0.39, 0.29) is 18.0 Å². The quantitative estimate of drug-likeness (QED) is 0.647. The average molecular weight is 423 g/mol. The largest absolute Gasteiger partial charge is 0.367 e. The Kier molecular flexibility index (Phi) is 5.86. The second-order valence-corrected chi connectivity index (χ2v) is 7.83. The first-order chi connectivity index (χ1) is 14.5. The third kappa shape index (κ3) is 4.39. The number of piperazine rings is 1. The van der Waals surface area contributed by atoms with E-state index in [1.54, 1.807) is 4.90 Å². The molecule has 3 aromatic rings. The van der Waals surface area contributed by atoms with Gasteiger partial charge < -0.3 is 9.80 Å². The standard InChI is InChI=1S/C23H23ClN4O2/c1-17-6-8-18(9-7-17)20-14-22(29)28(16-25-20)15-23(30)27-12-10-26(11-13-27)21-5-3-2-4-19(21)24/h2-9,14,16H,10-13,15H2,1H3. The van der Waals surface area contributed by atoms with E-state index in [1.165, 1.54) is 17.0 Å². The second kappa shape index (κ2) is 8.71. The van der Waals surface area contributed by atoms with E-state index < -0.39 is 0 Å². The number of anilines is 1. The van der Waals surface area contributed by atoms with Gasteiger partial charge in [0.1, 0.15) is 6.54 Å². The van der Waals surface area contributed by atoms with Crippen LogP contribution in [0.1, 0.15) is 5.56 Å². The summed E-state index contributed by atoms with van der Waals surface area (Å²) in [6.07, 6.45) is 1.45. The van der Waals surface area contributed by atoms with E-state index in [0.29, 0.717) is 36.9 Å². The van der Waals surface area contributed by atoms with E-state index in [1.807, 2.05) is 55.5 Å². The van der Waals surface area contributed by atoms with Crippen LogP contribution < -0.4 is 10.5 Å². The van der Waals surface area contributed by atoms with Crippen LogP contribution in [0.15, 0.2) is 65.7 Å². The lowest BCUT2D eigenvalue weighted by Gasteiger charge is -2.36. The van der Waals surface area contributed by atoms with Crippen LogP contribution >= 0.6 is 11.6 Å².